The fraction of sp³-hybridized carbons (Fsp3) is 0.538. The van der Waals surface area contributed by atoms with Crippen LogP contribution in [0.1, 0.15) is 58.4 Å². The van der Waals surface area contributed by atoms with Gasteiger partial charge in [0.25, 0.3) is 0 Å². The Kier molecular flexibility index (Phi) is 7.30. The molecule has 2 N–H and O–H groups in total. The number of phenolic OH excluding ortho intramolecular Hbond substituents is 2. The summed E-state index contributed by atoms with van der Waals surface area (Å²) in [6.45, 7) is 10.8. The molecule has 0 aliphatic carbocycles. The van der Waals surface area contributed by atoms with E-state index in [0.29, 0.717) is 5.56 Å². The van der Waals surface area contributed by atoms with Crippen LogP contribution in [0.5, 0.6) is 11.5 Å². The molecule has 0 aromatic heterocycles. The largest absolute Gasteiger partial charge is 0.507 e. The van der Waals surface area contributed by atoms with E-state index in [1.54, 1.807) is 0 Å². The van der Waals surface area contributed by atoms with Crippen LogP contribution in [0.4, 0.5) is 5.69 Å². The Hall–Kier alpha value is -2.20. The zero-order chi connectivity index (χ0) is 21.7. The number of hydrogen-bond donors (Lipinski definition) is 2. The molecule has 1 aliphatic heterocycles. The minimum atomic E-state index is -0.0769. The lowest BCUT2D eigenvalue weighted by Gasteiger charge is -2.34. The van der Waals surface area contributed by atoms with Crippen molar-refractivity contribution in [2.45, 2.75) is 58.3 Å². The van der Waals surface area contributed by atoms with E-state index in [0.717, 1.165) is 50.1 Å². The van der Waals surface area contributed by atoms with Gasteiger partial charge in [0, 0.05) is 31.9 Å². The molecule has 0 unspecified atom stereocenters. The number of rotatable bonds is 8. The molecule has 1 heterocycles. The Morgan fingerprint density at radius 1 is 0.867 bits per heavy atom. The van der Waals surface area contributed by atoms with Crippen LogP contribution in [0.3, 0.4) is 0 Å². The molecule has 0 spiro atoms. The van der Waals surface area contributed by atoms with Crippen molar-refractivity contribution >= 4 is 5.69 Å². The highest BCUT2D eigenvalue weighted by Gasteiger charge is 2.24. The smallest absolute Gasteiger partial charge is 0.127 e. The molecule has 4 heteroatoms. The van der Waals surface area contributed by atoms with Crippen LogP contribution in [-0.4, -0.2) is 48.3 Å². The summed E-state index contributed by atoms with van der Waals surface area (Å²) in [5.41, 5.74) is 3.47. The predicted octanol–water partition coefficient (Wildman–Crippen LogP) is 5.76. The Morgan fingerprint density at radius 2 is 1.47 bits per heavy atom. The van der Waals surface area contributed by atoms with Gasteiger partial charge in [-0.25, -0.2) is 0 Å². The fourth-order valence-corrected chi connectivity index (χ4v) is 4.34. The molecule has 0 bridgehead atoms. The van der Waals surface area contributed by atoms with Crippen molar-refractivity contribution in [1.82, 2.24) is 4.90 Å². The molecule has 2 aromatic carbocycles. The molecule has 0 amide bonds. The third-order valence-corrected chi connectivity index (χ3v) is 6.56. The number of piperazine rings is 1. The van der Waals surface area contributed by atoms with E-state index in [4.69, 9.17) is 0 Å². The second-order valence-corrected chi connectivity index (χ2v) is 9.42. The number of unbranched alkanes of at least 4 members (excludes halogenated alkanes) is 3. The maximum Gasteiger partial charge on any atom is 0.127 e. The summed E-state index contributed by atoms with van der Waals surface area (Å²) in [5, 5.41) is 21.5. The van der Waals surface area contributed by atoms with Gasteiger partial charge in [0.15, 0.2) is 0 Å². The summed E-state index contributed by atoms with van der Waals surface area (Å²) in [7, 11) is 2.15. The van der Waals surface area contributed by atoms with Crippen molar-refractivity contribution in [3.63, 3.8) is 0 Å². The Balaban J connectivity index is 1.76. The second kappa shape index (κ2) is 9.74. The average Bonchev–Trinajstić information content (AvgIpc) is 2.72. The number of nitrogens with zero attached hydrogens (tertiary/aromatic N) is 2. The van der Waals surface area contributed by atoms with Gasteiger partial charge in [-0.1, -0.05) is 58.6 Å². The Labute approximate surface area is 182 Å². The average molecular weight is 411 g/mol. The number of hydrogen-bond acceptors (Lipinski definition) is 4. The third-order valence-electron chi connectivity index (χ3n) is 6.56. The SMILES string of the molecule is CCCCCCC(C)(C)c1cc(O)c(-c2ccc(N3CCN(C)CC3)cc2)c(O)c1. The van der Waals surface area contributed by atoms with Gasteiger partial charge in [-0.05, 0) is 54.3 Å². The maximum absolute atomic E-state index is 10.8. The number of likely N-dealkylation sites (N-methyl/N-ethyl adjacent to an activating group) is 1. The molecule has 164 valence electrons. The van der Waals surface area contributed by atoms with Crippen LogP contribution >= 0.6 is 0 Å². The molecule has 3 rings (SSSR count). The first kappa shape index (κ1) is 22.5. The van der Waals surface area contributed by atoms with E-state index in [9.17, 15) is 10.2 Å². The van der Waals surface area contributed by atoms with Gasteiger partial charge < -0.3 is 20.0 Å². The first-order valence-corrected chi connectivity index (χ1v) is 11.4. The molecular formula is C26H38N2O2. The van der Waals surface area contributed by atoms with E-state index in [2.05, 4.69) is 49.8 Å². The fourth-order valence-electron chi connectivity index (χ4n) is 4.34. The first-order valence-electron chi connectivity index (χ1n) is 11.4. The van der Waals surface area contributed by atoms with Crippen molar-refractivity contribution in [2.24, 2.45) is 0 Å². The molecular weight excluding hydrogens is 372 g/mol. The summed E-state index contributed by atoms with van der Waals surface area (Å²) in [6.07, 6.45) is 5.93. The lowest BCUT2D eigenvalue weighted by molar-refractivity contribution is 0.313. The molecule has 0 radical (unpaired) electrons. The van der Waals surface area contributed by atoms with E-state index < -0.39 is 0 Å². The summed E-state index contributed by atoms with van der Waals surface area (Å²) in [4.78, 5) is 4.72. The van der Waals surface area contributed by atoms with Crippen LogP contribution in [0.2, 0.25) is 0 Å². The van der Waals surface area contributed by atoms with E-state index in [-0.39, 0.29) is 16.9 Å². The monoisotopic (exact) mass is 410 g/mol. The van der Waals surface area contributed by atoms with Gasteiger partial charge in [-0.2, -0.15) is 0 Å². The molecule has 4 nitrogen and oxygen atoms in total. The van der Waals surface area contributed by atoms with Crippen molar-refractivity contribution in [2.75, 3.05) is 38.1 Å². The van der Waals surface area contributed by atoms with Crippen LogP contribution < -0.4 is 4.90 Å². The van der Waals surface area contributed by atoms with E-state index in [1.165, 1.54) is 24.9 Å². The van der Waals surface area contributed by atoms with Crippen molar-refractivity contribution in [1.29, 1.82) is 0 Å². The van der Waals surface area contributed by atoms with Gasteiger partial charge in [-0.3, -0.25) is 0 Å². The van der Waals surface area contributed by atoms with Gasteiger partial charge >= 0.3 is 0 Å². The molecule has 0 atom stereocenters. The maximum atomic E-state index is 10.8. The number of phenols is 2. The van der Waals surface area contributed by atoms with Crippen LogP contribution in [0.25, 0.3) is 11.1 Å². The van der Waals surface area contributed by atoms with E-state index >= 15 is 0 Å². The van der Waals surface area contributed by atoms with Crippen LogP contribution in [0, 0.1) is 0 Å². The molecule has 1 fully saturated rings. The summed E-state index contributed by atoms with van der Waals surface area (Å²) >= 11 is 0. The highest BCUT2D eigenvalue weighted by atomic mass is 16.3. The molecule has 1 aliphatic rings. The van der Waals surface area contributed by atoms with Crippen molar-refractivity contribution in [3.8, 4) is 22.6 Å². The van der Waals surface area contributed by atoms with Crippen LogP contribution in [0.15, 0.2) is 36.4 Å². The standard InChI is InChI=1S/C26H38N2O2/c1-5-6-7-8-13-26(2,3)21-18-23(29)25(24(30)19-21)20-9-11-22(12-10-20)28-16-14-27(4)15-17-28/h9-12,18-19,29-30H,5-8,13-17H2,1-4H3. The summed E-state index contributed by atoms with van der Waals surface area (Å²) in [6, 6.07) is 11.8. The van der Waals surface area contributed by atoms with Gasteiger partial charge in [0.2, 0.25) is 0 Å². The highest BCUT2D eigenvalue weighted by molar-refractivity contribution is 5.78. The molecule has 2 aromatic rings. The lowest BCUT2D eigenvalue weighted by atomic mass is 9.79. The van der Waals surface area contributed by atoms with E-state index in [1.807, 2.05) is 24.3 Å². The third kappa shape index (κ3) is 5.28. The zero-order valence-corrected chi connectivity index (χ0v) is 19.1. The van der Waals surface area contributed by atoms with Gasteiger partial charge in [0.1, 0.15) is 11.5 Å². The topological polar surface area (TPSA) is 46.9 Å². The van der Waals surface area contributed by atoms with Gasteiger partial charge in [-0.15, -0.1) is 0 Å². The summed E-state index contributed by atoms with van der Waals surface area (Å²) < 4.78 is 0. The Bertz CT molecular complexity index is 798. The normalized spacial score (nSPS) is 15.5. The van der Waals surface area contributed by atoms with Crippen molar-refractivity contribution < 1.29 is 10.2 Å². The highest BCUT2D eigenvalue weighted by Crippen LogP contribution is 2.42. The van der Waals surface area contributed by atoms with Gasteiger partial charge in [0.05, 0.1) is 5.56 Å². The Morgan fingerprint density at radius 3 is 2.03 bits per heavy atom. The number of aromatic hydroxyl groups is 2. The molecule has 30 heavy (non-hydrogen) atoms. The quantitative estimate of drug-likeness (QED) is 0.543. The molecule has 0 saturated carbocycles. The van der Waals surface area contributed by atoms with Crippen molar-refractivity contribution in [3.05, 3.63) is 42.0 Å². The van der Waals surface area contributed by atoms with Crippen LogP contribution in [-0.2, 0) is 5.41 Å². The summed E-state index contributed by atoms with van der Waals surface area (Å²) in [5.74, 6) is 0.304. The first-order chi connectivity index (χ1) is 14.3. The zero-order valence-electron chi connectivity index (χ0n) is 19.1. The minimum Gasteiger partial charge on any atom is -0.507 e. The lowest BCUT2D eigenvalue weighted by Crippen LogP contribution is -2.44. The second-order valence-electron chi connectivity index (χ2n) is 9.42. The number of anilines is 1. The molecule has 1 saturated heterocycles. The minimum absolute atomic E-state index is 0.0769. The number of benzene rings is 2. The predicted molar refractivity (Wildman–Crippen MR) is 127 cm³/mol.